The lowest BCUT2D eigenvalue weighted by molar-refractivity contribution is -0.161. The number of esters is 4. The fraction of sp³-hybridized carbons (Fsp3) is 0.560. The van der Waals surface area contributed by atoms with Crippen LogP contribution in [0.1, 0.15) is 272 Å². The third kappa shape index (κ3) is 79.5. The van der Waals surface area contributed by atoms with Gasteiger partial charge in [-0.1, -0.05) is 279 Å². The SMILES string of the molecule is CC/C=C\C/C=C\C/C=C\C/C=C\C/C=C\CCCCCC(=O)OCC(COP(=O)(O)OCC(O)COP(=O)(O)OCC(COC(=O)CCC/C=C\C/C=C\C/C=C\C/C=C\C/C=C\CC)OC(=O)CCCCCC/C=C\C/C=C\C/C=C\C/C=C\CC)OC(=O)CCCCCC/C=C\C/C=C\C/C=C\C/C=C\CC. The lowest BCUT2D eigenvalue weighted by Crippen LogP contribution is -2.30. The van der Waals surface area contributed by atoms with Crippen LogP contribution in [0.2, 0.25) is 0 Å². The Labute approximate surface area is 664 Å². The number of aliphatic hydroxyl groups is 1. The van der Waals surface area contributed by atoms with Crippen LogP contribution >= 0.6 is 15.6 Å². The molecule has 0 aliphatic rings. The first-order valence-corrected chi connectivity index (χ1v) is 44.0. The quantitative estimate of drug-likeness (QED) is 0.0169. The van der Waals surface area contributed by atoms with Gasteiger partial charge in [0.2, 0.25) is 0 Å². The molecule has 0 aliphatic carbocycles. The molecule has 110 heavy (non-hydrogen) atoms. The van der Waals surface area contributed by atoms with Gasteiger partial charge >= 0.3 is 39.5 Å². The predicted molar refractivity (Wildman–Crippen MR) is 454 cm³/mol. The van der Waals surface area contributed by atoms with Crippen molar-refractivity contribution in [3.05, 3.63) is 219 Å². The van der Waals surface area contributed by atoms with Crippen molar-refractivity contribution in [1.82, 2.24) is 0 Å². The Bertz CT molecular complexity index is 2950. The first-order valence-electron chi connectivity index (χ1n) is 41.0. The normalized spacial score (nSPS) is 14.9. The standard InChI is InChI=1S/C91H142O17P2/c1-5-9-13-17-21-25-29-33-37-41-42-46-48-52-56-60-64-68-72-76-89(94)102-82-87(108-91(96)78-74-70-66-62-58-54-50-45-40-36-32-28-24-20-16-12-8-4)84-106-110(99,100)104-80-85(92)79-103-109(97,98)105-83-86(107-90(95)77-73-69-65-61-57-53-49-44-39-35-31-27-23-19-15-11-7-3)81-101-88(93)75-71-67-63-59-55-51-47-43-38-34-30-26-22-18-14-10-6-2/h9-16,21-28,33-40,42,46-47,49-54,56,59,63,85-87,92H,5-8,17-20,29-32,41,43-45,48,55,57-58,60-62,64-84H2,1-4H3,(H,97,98)(H,99,100)/b13-9-,14-10-,15-11-,16-12-,25-21-,26-22-,27-23-,28-24-,37-33-,38-34-,39-35-,40-36-,46-42-,51-47-,53-49-,54-50-,56-52-,63-59-. The minimum atomic E-state index is -5.02. The smallest absolute Gasteiger partial charge is 0.462 e. The maximum atomic E-state index is 13.1. The Hall–Kier alpha value is -6.62. The van der Waals surface area contributed by atoms with E-state index < -0.39 is 97.5 Å². The maximum Gasteiger partial charge on any atom is 0.472 e. The Morgan fingerprint density at radius 1 is 0.255 bits per heavy atom. The number of carbonyl (C=O) groups is 4. The minimum absolute atomic E-state index is 0.0438. The molecular formula is C91H142O17P2. The summed E-state index contributed by atoms with van der Waals surface area (Å²) in [7, 11) is -10.0. The average molecular weight is 1570 g/mol. The molecule has 0 fully saturated rings. The van der Waals surface area contributed by atoms with E-state index in [1.807, 2.05) is 12.2 Å². The number of allylic oxidation sites excluding steroid dienone is 36. The Kier molecular flexibility index (Phi) is 75.6. The van der Waals surface area contributed by atoms with Crippen molar-refractivity contribution in [2.24, 2.45) is 0 Å². The molecule has 0 bridgehead atoms. The summed E-state index contributed by atoms with van der Waals surface area (Å²) in [6.07, 6.45) is 102. The Balaban J connectivity index is 5.54. The van der Waals surface area contributed by atoms with Crippen LogP contribution in [-0.2, 0) is 65.4 Å². The zero-order valence-electron chi connectivity index (χ0n) is 67.6. The number of phosphoric ester groups is 2. The molecule has 618 valence electrons. The molecule has 0 aliphatic heterocycles. The fourth-order valence-corrected chi connectivity index (χ4v) is 11.4. The summed E-state index contributed by atoms with van der Waals surface area (Å²) in [6.45, 7) is 4.23. The van der Waals surface area contributed by atoms with Gasteiger partial charge in [-0.25, -0.2) is 9.13 Å². The number of phosphoric acid groups is 2. The molecule has 5 atom stereocenters. The molecule has 5 unspecified atom stereocenters. The van der Waals surface area contributed by atoms with Gasteiger partial charge in [0.1, 0.15) is 19.3 Å². The van der Waals surface area contributed by atoms with E-state index in [1.54, 1.807) is 0 Å². The number of ether oxygens (including phenoxy) is 4. The lowest BCUT2D eigenvalue weighted by atomic mass is 10.1. The summed E-state index contributed by atoms with van der Waals surface area (Å²) >= 11 is 0. The third-order valence-corrected chi connectivity index (χ3v) is 17.8. The number of hydrogen-bond acceptors (Lipinski definition) is 15. The Morgan fingerprint density at radius 3 is 0.718 bits per heavy atom. The van der Waals surface area contributed by atoms with Gasteiger partial charge < -0.3 is 33.8 Å². The highest BCUT2D eigenvalue weighted by molar-refractivity contribution is 7.47. The van der Waals surface area contributed by atoms with E-state index in [-0.39, 0.29) is 25.7 Å². The molecule has 0 rings (SSSR count). The van der Waals surface area contributed by atoms with Gasteiger partial charge in [-0.15, -0.1) is 0 Å². The number of hydrogen-bond donors (Lipinski definition) is 3. The first-order chi connectivity index (χ1) is 53.7. The van der Waals surface area contributed by atoms with Crippen LogP contribution < -0.4 is 0 Å². The highest BCUT2D eigenvalue weighted by atomic mass is 31.2. The van der Waals surface area contributed by atoms with Crippen molar-refractivity contribution in [2.45, 2.75) is 290 Å². The highest BCUT2D eigenvalue weighted by Gasteiger charge is 2.30. The molecular weight excluding hydrogens is 1430 g/mol. The molecule has 17 nitrogen and oxygen atoms in total. The number of aliphatic hydroxyl groups excluding tert-OH is 1. The van der Waals surface area contributed by atoms with Crippen LogP contribution in [0.15, 0.2) is 219 Å². The van der Waals surface area contributed by atoms with Crippen LogP contribution in [0.3, 0.4) is 0 Å². The number of carbonyl (C=O) groups excluding carboxylic acids is 4. The van der Waals surface area contributed by atoms with Gasteiger partial charge in [-0.05, 0) is 186 Å². The van der Waals surface area contributed by atoms with Crippen molar-refractivity contribution >= 4 is 39.5 Å². The van der Waals surface area contributed by atoms with Crippen LogP contribution in [0.4, 0.5) is 0 Å². The number of rotatable bonds is 74. The molecule has 0 saturated heterocycles. The molecule has 0 heterocycles. The highest BCUT2D eigenvalue weighted by Crippen LogP contribution is 2.45. The second-order valence-electron chi connectivity index (χ2n) is 26.2. The van der Waals surface area contributed by atoms with Gasteiger partial charge in [0.05, 0.1) is 26.4 Å². The molecule has 0 aromatic heterocycles. The van der Waals surface area contributed by atoms with E-state index in [1.165, 1.54) is 0 Å². The van der Waals surface area contributed by atoms with Gasteiger partial charge in [0.25, 0.3) is 0 Å². The maximum absolute atomic E-state index is 13.1. The summed E-state index contributed by atoms with van der Waals surface area (Å²) in [5, 5.41) is 10.7. The number of unbranched alkanes of at least 4 members (excludes halogenated alkanes) is 12. The molecule has 0 amide bonds. The van der Waals surface area contributed by atoms with E-state index in [0.29, 0.717) is 32.1 Å². The summed E-state index contributed by atoms with van der Waals surface area (Å²) in [4.78, 5) is 73.2. The summed E-state index contributed by atoms with van der Waals surface area (Å²) in [5.41, 5.74) is 0. The average Bonchev–Trinajstić information content (AvgIpc) is 0.906. The largest absolute Gasteiger partial charge is 0.472 e. The second-order valence-corrected chi connectivity index (χ2v) is 29.1. The molecule has 0 saturated carbocycles. The minimum Gasteiger partial charge on any atom is -0.462 e. The van der Waals surface area contributed by atoms with Crippen LogP contribution in [0, 0.1) is 0 Å². The van der Waals surface area contributed by atoms with E-state index in [0.717, 1.165) is 186 Å². The fourth-order valence-electron chi connectivity index (χ4n) is 9.85. The molecule has 0 aromatic carbocycles. The zero-order valence-corrected chi connectivity index (χ0v) is 69.4. The van der Waals surface area contributed by atoms with E-state index >= 15 is 0 Å². The summed E-state index contributed by atoms with van der Waals surface area (Å²) < 4.78 is 68.6. The van der Waals surface area contributed by atoms with Gasteiger partial charge in [0.15, 0.2) is 12.2 Å². The second kappa shape index (κ2) is 80.4. The molecule has 0 spiro atoms. The van der Waals surface area contributed by atoms with Crippen molar-refractivity contribution in [3.63, 3.8) is 0 Å². The molecule has 19 heteroatoms. The van der Waals surface area contributed by atoms with Gasteiger partial charge in [-0.2, -0.15) is 0 Å². The summed E-state index contributed by atoms with van der Waals surface area (Å²) in [6, 6.07) is 0. The predicted octanol–water partition coefficient (Wildman–Crippen LogP) is 24.4. The molecule has 0 radical (unpaired) electrons. The van der Waals surface area contributed by atoms with Crippen molar-refractivity contribution < 1.29 is 80.2 Å². The Morgan fingerprint density at radius 2 is 0.455 bits per heavy atom. The third-order valence-electron chi connectivity index (χ3n) is 15.9. The van der Waals surface area contributed by atoms with Crippen LogP contribution in [-0.4, -0.2) is 96.7 Å². The van der Waals surface area contributed by atoms with E-state index in [2.05, 4.69) is 234 Å². The molecule has 3 N–H and O–H groups in total. The zero-order chi connectivity index (χ0) is 80.3. The van der Waals surface area contributed by atoms with E-state index in [4.69, 9.17) is 37.0 Å². The monoisotopic (exact) mass is 1570 g/mol. The lowest BCUT2D eigenvalue weighted by Gasteiger charge is -2.21. The van der Waals surface area contributed by atoms with Crippen molar-refractivity contribution in [3.8, 4) is 0 Å². The van der Waals surface area contributed by atoms with Crippen molar-refractivity contribution in [2.75, 3.05) is 39.6 Å². The summed E-state index contributed by atoms with van der Waals surface area (Å²) in [5.74, 6) is -2.36. The first kappa shape index (κ1) is 103. The van der Waals surface area contributed by atoms with E-state index in [9.17, 15) is 43.2 Å². The topological polar surface area (TPSA) is 237 Å². The molecule has 0 aromatic rings. The van der Waals surface area contributed by atoms with Crippen LogP contribution in [0.5, 0.6) is 0 Å². The van der Waals surface area contributed by atoms with Gasteiger partial charge in [-0.3, -0.25) is 37.3 Å². The van der Waals surface area contributed by atoms with Crippen molar-refractivity contribution in [1.29, 1.82) is 0 Å². The van der Waals surface area contributed by atoms with Gasteiger partial charge in [0, 0.05) is 25.7 Å². The van der Waals surface area contributed by atoms with Crippen LogP contribution in [0.25, 0.3) is 0 Å².